The zero-order valence-electron chi connectivity index (χ0n) is 16.4. The number of para-hydroxylation sites is 1. The molecule has 1 amide bonds. The first-order chi connectivity index (χ1) is 14.4. The summed E-state index contributed by atoms with van der Waals surface area (Å²) < 4.78 is 7.84. The molecule has 0 atom stereocenters. The summed E-state index contributed by atoms with van der Waals surface area (Å²) in [6.45, 7) is 4.58. The molecule has 4 rings (SSSR count). The van der Waals surface area contributed by atoms with E-state index in [4.69, 9.17) is 17.0 Å². The fourth-order valence-electron chi connectivity index (χ4n) is 3.04. The van der Waals surface area contributed by atoms with Crippen LogP contribution < -0.4 is 10.3 Å². The van der Waals surface area contributed by atoms with Gasteiger partial charge in [0.15, 0.2) is 0 Å². The van der Waals surface area contributed by atoms with E-state index >= 15 is 0 Å². The first kappa shape index (κ1) is 20.3. The van der Waals surface area contributed by atoms with Gasteiger partial charge in [-0.25, -0.2) is 0 Å². The van der Waals surface area contributed by atoms with Crippen LogP contribution in [-0.4, -0.2) is 31.1 Å². The van der Waals surface area contributed by atoms with Crippen LogP contribution in [0, 0.1) is 5.92 Å². The van der Waals surface area contributed by atoms with Crippen LogP contribution in [0.25, 0.3) is 11.7 Å². The summed E-state index contributed by atoms with van der Waals surface area (Å²) in [5.41, 5.74) is 0.339. The molecule has 152 valence electrons. The molecule has 0 spiro atoms. The van der Waals surface area contributed by atoms with E-state index in [9.17, 15) is 9.59 Å². The average Bonchev–Trinajstić information content (AvgIpc) is 2.98. The van der Waals surface area contributed by atoms with Gasteiger partial charge in [0, 0.05) is 12.7 Å². The number of hydrogen-bond acceptors (Lipinski definition) is 6. The molecule has 8 heteroatoms. The van der Waals surface area contributed by atoms with Crippen LogP contribution in [0.5, 0.6) is 11.6 Å². The van der Waals surface area contributed by atoms with Crippen molar-refractivity contribution in [1.29, 1.82) is 0 Å². The zero-order valence-corrected chi connectivity index (χ0v) is 18.1. The molecule has 0 saturated carbocycles. The smallest absolute Gasteiger partial charge is 0.269 e. The Morgan fingerprint density at radius 2 is 1.87 bits per heavy atom. The standard InChI is InChI=1S/C22H19N3O3S2/c1-14(2)13-25-21(27)17(30-22(25)29)12-16-19(28-15-8-4-3-5-9-15)23-18-10-6-7-11-24(18)20(16)26/h3-12,14H,13H2,1-2H3. The Hall–Kier alpha value is -2.97. The van der Waals surface area contributed by atoms with Crippen molar-refractivity contribution >= 4 is 45.9 Å². The van der Waals surface area contributed by atoms with E-state index in [0.717, 1.165) is 0 Å². The third-order valence-corrected chi connectivity index (χ3v) is 5.77. The number of carbonyl (C=O) groups excluding carboxylic acids is 1. The Balaban J connectivity index is 1.83. The maximum Gasteiger partial charge on any atom is 0.269 e. The normalized spacial score (nSPS) is 15.6. The fraction of sp³-hybridized carbons (Fsp3) is 0.182. The maximum absolute atomic E-state index is 13.2. The second-order valence-electron chi connectivity index (χ2n) is 7.17. The number of amides is 1. The average molecular weight is 438 g/mol. The summed E-state index contributed by atoms with van der Waals surface area (Å²) in [5.74, 6) is 0.761. The molecule has 1 aromatic carbocycles. The lowest BCUT2D eigenvalue weighted by Crippen LogP contribution is -2.31. The first-order valence-corrected chi connectivity index (χ1v) is 10.7. The van der Waals surface area contributed by atoms with E-state index < -0.39 is 0 Å². The van der Waals surface area contributed by atoms with Crippen LogP contribution in [-0.2, 0) is 4.79 Å². The number of thioether (sulfide) groups is 1. The minimum Gasteiger partial charge on any atom is -0.438 e. The molecule has 0 bridgehead atoms. The van der Waals surface area contributed by atoms with E-state index in [1.807, 2.05) is 32.0 Å². The largest absolute Gasteiger partial charge is 0.438 e. The van der Waals surface area contributed by atoms with Crippen LogP contribution in [0.1, 0.15) is 19.4 Å². The molecule has 0 N–H and O–H groups in total. The van der Waals surface area contributed by atoms with Crippen molar-refractivity contribution in [2.45, 2.75) is 13.8 Å². The molecular weight excluding hydrogens is 418 g/mol. The molecule has 1 aliphatic heterocycles. The molecule has 1 saturated heterocycles. The fourth-order valence-corrected chi connectivity index (χ4v) is 4.29. The number of carbonyl (C=O) groups is 1. The lowest BCUT2D eigenvalue weighted by Gasteiger charge is -2.16. The Morgan fingerprint density at radius 3 is 2.60 bits per heavy atom. The highest BCUT2D eigenvalue weighted by Gasteiger charge is 2.33. The highest BCUT2D eigenvalue weighted by molar-refractivity contribution is 8.26. The topological polar surface area (TPSA) is 63.9 Å². The van der Waals surface area contributed by atoms with Crippen LogP contribution in [0.4, 0.5) is 0 Å². The summed E-state index contributed by atoms with van der Waals surface area (Å²) in [7, 11) is 0. The number of thiocarbonyl (C=S) groups is 1. The van der Waals surface area contributed by atoms with Gasteiger partial charge in [-0.3, -0.25) is 18.9 Å². The number of rotatable bonds is 5. The number of ether oxygens (including phenoxy) is 1. The zero-order chi connectivity index (χ0) is 21.3. The molecule has 1 aliphatic rings. The first-order valence-electron chi connectivity index (χ1n) is 9.43. The molecule has 3 aromatic rings. The Labute approximate surface area is 183 Å². The van der Waals surface area contributed by atoms with Crippen molar-refractivity contribution < 1.29 is 9.53 Å². The molecule has 3 heterocycles. The van der Waals surface area contributed by atoms with Gasteiger partial charge in [-0.15, -0.1) is 0 Å². The van der Waals surface area contributed by atoms with Crippen molar-refractivity contribution in [3.05, 3.63) is 75.6 Å². The van der Waals surface area contributed by atoms with Crippen molar-refractivity contribution in [1.82, 2.24) is 14.3 Å². The molecular formula is C22H19N3O3S2. The van der Waals surface area contributed by atoms with Crippen LogP contribution >= 0.6 is 24.0 Å². The van der Waals surface area contributed by atoms with Gasteiger partial charge < -0.3 is 4.74 Å². The Morgan fingerprint density at radius 1 is 1.13 bits per heavy atom. The molecule has 0 unspecified atom stereocenters. The third kappa shape index (κ3) is 4.01. The van der Waals surface area contributed by atoms with E-state index in [-0.39, 0.29) is 28.8 Å². The van der Waals surface area contributed by atoms with Gasteiger partial charge in [0.25, 0.3) is 11.5 Å². The van der Waals surface area contributed by atoms with Crippen molar-refractivity contribution in [2.75, 3.05) is 6.54 Å². The lowest BCUT2D eigenvalue weighted by atomic mass is 10.2. The lowest BCUT2D eigenvalue weighted by molar-refractivity contribution is -0.122. The summed E-state index contributed by atoms with van der Waals surface area (Å²) in [4.78, 5) is 32.6. The van der Waals surface area contributed by atoms with Gasteiger partial charge >= 0.3 is 0 Å². The van der Waals surface area contributed by atoms with Crippen molar-refractivity contribution in [3.8, 4) is 11.6 Å². The summed E-state index contributed by atoms with van der Waals surface area (Å²) in [6, 6.07) is 14.4. The number of hydrogen-bond donors (Lipinski definition) is 0. The second-order valence-corrected chi connectivity index (χ2v) is 8.84. The van der Waals surface area contributed by atoms with Gasteiger partial charge in [0.05, 0.1) is 4.91 Å². The van der Waals surface area contributed by atoms with E-state index in [1.54, 1.807) is 41.4 Å². The molecule has 30 heavy (non-hydrogen) atoms. The molecule has 0 aliphatic carbocycles. The summed E-state index contributed by atoms with van der Waals surface area (Å²) in [5, 5.41) is 0. The van der Waals surface area contributed by atoms with Crippen LogP contribution in [0.3, 0.4) is 0 Å². The molecule has 6 nitrogen and oxygen atoms in total. The third-order valence-electron chi connectivity index (χ3n) is 4.39. The summed E-state index contributed by atoms with van der Waals surface area (Å²) >= 11 is 6.56. The quantitative estimate of drug-likeness (QED) is 0.437. The number of aromatic nitrogens is 2. The van der Waals surface area contributed by atoms with E-state index in [1.165, 1.54) is 22.2 Å². The Kier molecular flexibility index (Phi) is 5.69. The number of benzene rings is 1. The molecule has 1 fully saturated rings. The van der Waals surface area contributed by atoms with Crippen molar-refractivity contribution in [2.24, 2.45) is 5.92 Å². The van der Waals surface area contributed by atoms with Gasteiger partial charge in [-0.2, -0.15) is 4.98 Å². The van der Waals surface area contributed by atoms with Crippen LogP contribution in [0.15, 0.2) is 64.4 Å². The van der Waals surface area contributed by atoms with Crippen LogP contribution in [0.2, 0.25) is 0 Å². The number of fused-ring (bicyclic) bond motifs is 1. The number of pyridine rings is 1. The van der Waals surface area contributed by atoms with Crippen molar-refractivity contribution in [3.63, 3.8) is 0 Å². The SMILES string of the molecule is CC(C)CN1C(=O)C(=Cc2c(Oc3ccccc3)nc3ccccn3c2=O)SC1=S. The van der Waals surface area contributed by atoms with Gasteiger partial charge in [0.2, 0.25) is 5.88 Å². The van der Waals surface area contributed by atoms with Gasteiger partial charge in [0.1, 0.15) is 21.3 Å². The minimum atomic E-state index is -0.319. The minimum absolute atomic E-state index is 0.145. The molecule has 0 radical (unpaired) electrons. The molecule has 2 aromatic heterocycles. The van der Waals surface area contributed by atoms with E-state index in [2.05, 4.69) is 4.98 Å². The predicted octanol–water partition coefficient (Wildman–Crippen LogP) is 4.34. The van der Waals surface area contributed by atoms with Gasteiger partial charge in [-0.05, 0) is 36.3 Å². The monoisotopic (exact) mass is 437 g/mol. The summed E-state index contributed by atoms with van der Waals surface area (Å²) in [6.07, 6.45) is 3.17. The Bertz CT molecular complexity index is 1220. The second kappa shape index (κ2) is 8.41. The highest BCUT2D eigenvalue weighted by Crippen LogP contribution is 2.34. The van der Waals surface area contributed by atoms with Gasteiger partial charge in [-0.1, -0.05) is 62.1 Å². The van der Waals surface area contributed by atoms with E-state index in [0.29, 0.717) is 27.2 Å². The maximum atomic E-state index is 13.2. The highest BCUT2D eigenvalue weighted by atomic mass is 32.2. The predicted molar refractivity (Wildman–Crippen MR) is 123 cm³/mol. The number of nitrogens with zero attached hydrogens (tertiary/aromatic N) is 3.